The van der Waals surface area contributed by atoms with Crippen LogP contribution < -0.4 is 14.2 Å². The van der Waals surface area contributed by atoms with E-state index in [-0.39, 0.29) is 11.2 Å². The predicted molar refractivity (Wildman–Crippen MR) is 80.5 cm³/mol. The van der Waals surface area contributed by atoms with Crippen molar-refractivity contribution in [2.24, 2.45) is 0 Å². The van der Waals surface area contributed by atoms with Crippen LogP contribution in [0.5, 0.6) is 17.2 Å². The molecular weight excluding hydrogens is 252 g/mol. The fraction of sp³-hybridized carbons (Fsp3) is 0.412. The Morgan fingerprint density at radius 1 is 0.850 bits per heavy atom. The van der Waals surface area contributed by atoms with Crippen molar-refractivity contribution in [2.45, 2.75) is 38.9 Å². The van der Waals surface area contributed by atoms with Gasteiger partial charge >= 0.3 is 0 Å². The Kier molecular flexibility index (Phi) is 2.65. The smallest absolute Gasteiger partial charge is 0.140 e. The van der Waals surface area contributed by atoms with E-state index in [0.717, 1.165) is 28.4 Å². The summed E-state index contributed by atoms with van der Waals surface area (Å²) in [5, 5.41) is 0. The molecule has 0 atom stereocenters. The number of methoxy groups -OCH3 is 1. The molecule has 1 aromatic rings. The highest BCUT2D eigenvalue weighted by Gasteiger charge is 2.30. The van der Waals surface area contributed by atoms with Crippen LogP contribution in [0.4, 0.5) is 0 Å². The molecule has 106 valence electrons. The third-order valence-electron chi connectivity index (χ3n) is 3.54. The van der Waals surface area contributed by atoms with Gasteiger partial charge < -0.3 is 14.2 Å². The third kappa shape index (κ3) is 2.07. The lowest BCUT2D eigenvalue weighted by molar-refractivity contribution is 0.146. The van der Waals surface area contributed by atoms with Crippen LogP contribution in [0, 0.1) is 0 Å². The number of hydrogen-bond acceptors (Lipinski definition) is 3. The first kappa shape index (κ1) is 13.1. The minimum atomic E-state index is -0.313. The van der Waals surface area contributed by atoms with Gasteiger partial charge in [-0.05, 0) is 52.0 Å². The maximum absolute atomic E-state index is 6.03. The van der Waals surface area contributed by atoms with Gasteiger partial charge in [0.1, 0.15) is 28.5 Å². The van der Waals surface area contributed by atoms with Crippen molar-refractivity contribution in [1.29, 1.82) is 0 Å². The van der Waals surface area contributed by atoms with E-state index in [1.54, 1.807) is 7.11 Å². The monoisotopic (exact) mass is 272 g/mol. The van der Waals surface area contributed by atoms with Gasteiger partial charge in [-0.2, -0.15) is 0 Å². The van der Waals surface area contributed by atoms with E-state index >= 15 is 0 Å². The molecule has 0 N–H and O–H groups in total. The normalized spacial score (nSPS) is 20.4. The Balaban J connectivity index is 2.20. The zero-order valence-electron chi connectivity index (χ0n) is 12.6. The number of fused-ring (bicyclic) bond motifs is 2. The topological polar surface area (TPSA) is 27.7 Å². The van der Waals surface area contributed by atoms with Gasteiger partial charge in [-0.15, -0.1) is 0 Å². The number of ether oxygens (including phenoxy) is 3. The summed E-state index contributed by atoms with van der Waals surface area (Å²) in [6.45, 7) is 8.12. The van der Waals surface area contributed by atoms with E-state index in [1.165, 1.54) is 0 Å². The molecule has 2 aliphatic heterocycles. The molecule has 3 nitrogen and oxygen atoms in total. The fourth-order valence-electron chi connectivity index (χ4n) is 2.55. The van der Waals surface area contributed by atoms with E-state index in [4.69, 9.17) is 14.2 Å². The highest BCUT2D eigenvalue weighted by molar-refractivity contribution is 5.78. The summed E-state index contributed by atoms with van der Waals surface area (Å²) in [6, 6.07) is 1.96. The van der Waals surface area contributed by atoms with Crippen molar-refractivity contribution in [2.75, 3.05) is 7.11 Å². The molecule has 0 bridgehead atoms. The van der Waals surface area contributed by atoms with Crippen molar-refractivity contribution in [1.82, 2.24) is 0 Å². The van der Waals surface area contributed by atoms with Gasteiger partial charge in [0.2, 0.25) is 0 Å². The molecule has 0 fully saturated rings. The molecule has 0 radical (unpaired) electrons. The summed E-state index contributed by atoms with van der Waals surface area (Å²) in [7, 11) is 1.68. The zero-order valence-corrected chi connectivity index (χ0v) is 12.6. The summed E-state index contributed by atoms with van der Waals surface area (Å²) in [5.74, 6) is 2.41. The molecule has 0 amide bonds. The van der Waals surface area contributed by atoms with Crippen molar-refractivity contribution in [3.63, 3.8) is 0 Å². The average Bonchev–Trinajstić information content (AvgIpc) is 2.33. The second kappa shape index (κ2) is 4.05. The van der Waals surface area contributed by atoms with E-state index < -0.39 is 0 Å². The molecule has 3 rings (SSSR count). The summed E-state index contributed by atoms with van der Waals surface area (Å²) in [6.07, 6.45) is 8.21. The van der Waals surface area contributed by atoms with Crippen molar-refractivity contribution in [3.8, 4) is 17.2 Å². The Bertz CT molecular complexity index is 571. The van der Waals surface area contributed by atoms with Gasteiger partial charge in [0.25, 0.3) is 0 Å². The molecule has 0 spiro atoms. The van der Waals surface area contributed by atoms with Crippen LogP contribution in [0.15, 0.2) is 18.2 Å². The summed E-state index contributed by atoms with van der Waals surface area (Å²) in [4.78, 5) is 0. The number of rotatable bonds is 1. The minimum absolute atomic E-state index is 0.313. The first-order valence-corrected chi connectivity index (χ1v) is 6.83. The summed E-state index contributed by atoms with van der Waals surface area (Å²) in [5.41, 5.74) is 1.32. The first-order chi connectivity index (χ1) is 9.31. The largest absolute Gasteiger partial charge is 0.495 e. The van der Waals surface area contributed by atoms with E-state index in [1.807, 2.05) is 45.9 Å². The molecule has 3 heteroatoms. The molecule has 0 aromatic heterocycles. The van der Waals surface area contributed by atoms with Gasteiger partial charge in [0.05, 0.1) is 18.2 Å². The number of benzene rings is 1. The van der Waals surface area contributed by atoms with Crippen LogP contribution in [0.3, 0.4) is 0 Å². The van der Waals surface area contributed by atoms with Crippen molar-refractivity contribution >= 4 is 12.2 Å². The zero-order chi connectivity index (χ0) is 14.5. The Hall–Kier alpha value is -1.90. The van der Waals surface area contributed by atoms with Crippen molar-refractivity contribution in [3.05, 3.63) is 29.3 Å². The quantitative estimate of drug-likeness (QED) is 0.771. The minimum Gasteiger partial charge on any atom is -0.495 e. The second-order valence-electron chi connectivity index (χ2n) is 6.31. The van der Waals surface area contributed by atoms with Crippen LogP contribution in [0.25, 0.3) is 12.2 Å². The van der Waals surface area contributed by atoms with Gasteiger partial charge in [0, 0.05) is 6.07 Å². The Morgan fingerprint density at radius 2 is 1.30 bits per heavy atom. The van der Waals surface area contributed by atoms with E-state index in [0.29, 0.717) is 0 Å². The van der Waals surface area contributed by atoms with E-state index in [9.17, 15) is 0 Å². The SMILES string of the molecule is COc1c2c(cc3c1C=CC(C)(C)O3)OC(C)(C)C=C2. The molecule has 1 aromatic carbocycles. The van der Waals surface area contributed by atoms with Gasteiger partial charge in [-0.25, -0.2) is 0 Å². The lowest BCUT2D eigenvalue weighted by Gasteiger charge is -2.33. The molecule has 0 aliphatic carbocycles. The second-order valence-corrected chi connectivity index (χ2v) is 6.31. The fourth-order valence-corrected chi connectivity index (χ4v) is 2.55. The maximum atomic E-state index is 6.03. The Labute approximate surface area is 119 Å². The van der Waals surface area contributed by atoms with Crippen LogP contribution in [0.1, 0.15) is 38.8 Å². The van der Waals surface area contributed by atoms with Crippen molar-refractivity contribution < 1.29 is 14.2 Å². The third-order valence-corrected chi connectivity index (χ3v) is 3.54. The molecule has 0 saturated carbocycles. The molecule has 2 heterocycles. The predicted octanol–water partition coefficient (Wildman–Crippen LogP) is 4.06. The van der Waals surface area contributed by atoms with Gasteiger partial charge in [0.15, 0.2) is 0 Å². The Morgan fingerprint density at radius 3 is 1.70 bits per heavy atom. The molecule has 20 heavy (non-hydrogen) atoms. The summed E-state index contributed by atoms with van der Waals surface area (Å²) < 4.78 is 17.6. The van der Waals surface area contributed by atoms with Crippen LogP contribution in [-0.4, -0.2) is 18.3 Å². The highest BCUT2D eigenvalue weighted by Crippen LogP contribution is 2.46. The standard InChI is InChI=1S/C17H20O3/c1-16(2)8-6-11-13(19-16)10-14-12(15(11)18-5)7-9-17(3,4)20-14/h6-10H,1-5H3. The highest BCUT2D eigenvalue weighted by atomic mass is 16.5. The van der Waals surface area contributed by atoms with Crippen LogP contribution in [-0.2, 0) is 0 Å². The summed E-state index contributed by atoms with van der Waals surface area (Å²) >= 11 is 0. The molecule has 0 saturated heterocycles. The van der Waals surface area contributed by atoms with Crippen LogP contribution >= 0.6 is 0 Å². The van der Waals surface area contributed by atoms with Gasteiger partial charge in [-0.3, -0.25) is 0 Å². The molecular formula is C17H20O3. The average molecular weight is 272 g/mol. The maximum Gasteiger partial charge on any atom is 0.140 e. The van der Waals surface area contributed by atoms with Crippen LogP contribution in [0.2, 0.25) is 0 Å². The molecule has 0 unspecified atom stereocenters. The lowest BCUT2D eigenvalue weighted by atomic mass is 9.96. The van der Waals surface area contributed by atoms with Gasteiger partial charge in [-0.1, -0.05) is 0 Å². The lowest BCUT2D eigenvalue weighted by Crippen LogP contribution is -2.29. The first-order valence-electron chi connectivity index (χ1n) is 6.83. The van der Waals surface area contributed by atoms with E-state index in [2.05, 4.69) is 12.2 Å². The number of hydrogen-bond donors (Lipinski definition) is 0. The molecule has 2 aliphatic rings.